The fraction of sp³-hybridized carbons (Fsp3) is 0.182. The van der Waals surface area contributed by atoms with Crippen LogP contribution in [0.25, 0.3) is 11.2 Å². The topological polar surface area (TPSA) is 76.7 Å². The summed E-state index contributed by atoms with van der Waals surface area (Å²) in [6.45, 7) is 1.26. The van der Waals surface area contributed by atoms with E-state index in [0.717, 1.165) is 11.3 Å². The molecule has 0 saturated carbocycles. The molecule has 0 spiro atoms. The molecular formula is C11H13N5. The fourth-order valence-electron chi connectivity index (χ4n) is 1.30. The summed E-state index contributed by atoms with van der Waals surface area (Å²) < 4.78 is 0. The number of pyridine rings is 1. The summed E-state index contributed by atoms with van der Waals surface area (Å²) in [5.74, 6) is 0.787. The number of nitrogens with one attached hydrogen (secondary N) is 1. The van der Waals surface area contributed by atoms with Gasteiger partial charge >= 0.3 is 0 Å². The van der Waals surface area contributed by atoms with Crippen molar-refractivity contribution >= 4 is 17.0 Å². The molecule has 0 fully saturated rings. The Morgan fingerprint density at radius 2 is 2.06 bits per heavy atom. The van der Waals surface area contributed by atoms with E-state index in [9.17, 15) is 0 Å². The molecule has 0 atom stereocenters. The van der Waals surface area contributed by atoms with Gasteiger partial charge in [-0.25, -0.2) is 9.97 Å². The largest absolute Gasteiger partial charge is 0.367 e. The first-order valence-electron chi connectivity index (χ1n) is 5.07. The third-order valence-electron chi connectivity index (χ3n) is 2.04. The summed E-state index contributed by atoms with van der Waals surface area (Å²) in [6.07, 6.45) is 7.14. The number of hydrogen-bond donors (Lipinski definition) is 2. The molecule has 2 heterocycles. The Morgan fingerprint density at radius 3 is 2.94 bits per heavy atom. The molecule has 0 aliphatic carbocycles. The normalized spacial score (nSPS) is 11.1. The van der Waals surface area contributed by atoms with Gasteiger partial charge in [0.25, 0.3) is 0 Å². The van der Waals surface area contributed by atoms with Crippen LogP contribution in [0.4, 0.5) is 5.82 Å². The van der Waals surface area contributed by atoms with E-state index in [4.69, 9.17) is 5.73 Å². The van der Waals surface area contributed by atoms with Crippen molar-refractivity contribution in [3.63, 3.8) is 0 Å². The van der Waals surface area contributed by atoms with E-state index >= 15 is 0 Å². The van der Waals surface area contributed by atoms with Gasteiger partial charge < -0.3 is 11.1 Å². The minimum absolute atomic E-state index is 0.554. The van der Waals surface area contributed by atoms with E-state index in [-0.39, 0.29) is 0 Å². The van der Waals surface area contributed by atoms with Crippen LogP contribution >= 0.6 is 0 Å². The van der Waals surface area contributed by atoms with Gasteiger partial charge in [-0.15, -0.1) is 0 Å². The van der Waals surface area contributed by atoms with Gasteiger partial charge in [-0.2, -0.15) is 0 Å². The lowest BCUT2D eigenvalue weighted by atomic mass is 10.4. The molecule has 0 amide bonds. The van der Waals surface area contributed by atoms with E-state index in [1.807, 2.05) is 24.3 Å². The van der Waals surface area contributed by atoms with Crippen molar-refractivity contribution in [3.8, 4) is 0 Å². The van der Waals surface area contributed by atoms with E-state index in [1.54, 1.807) is 12.4 Å². The lowest BCUT2D eigenvalue weighted by molar-refractivity contribution is 1.18. The van der Waals surface area contributed by atoms with Crippen LogP contribution in [0.15, 0.2) is 36.7 Å². The van der Waals surface area contributed by atoms with Crippen LogP contribution in [0.1, 0.15) is 0 Å². The highest BCUT2D eigenvalue weighted by Gasteiger charge is 1.97. The highest BCUT2D eigenvalue weighted by molar-refractivity contribution is 5.71. The average molecular weight is 215 g/mol. The predicted molar refractivity (Wildman–Crippen MR) is 64.0 cm³/mol. The Hall–Kier alpha value is -2.01. The van der Waals surface area contributed by atoms with Gasteiger partial charge in [0.15, 0.2) is 5.65 Å². The van der Waals surface area contributed by atoms with Crippen molar-refractivity contribution in [2.45, 2.75) is 0 Å². The van der Waals surface area contributed by atoms with Gasteiger partial charge in [0.2, 0.25) is 0 Å². The number of aromatic nitrogens is 3. The van der Waals surface area contributed by atoms with Crippen molar-refractivity contribution in [3.05, 3.63) is 36.7 Å². The van der Waals surface area contributed by atoms with E-state index in [2.05, 4.69) is 20.3 Å². The molecule has 0 unspecified atom stereocenters. The second kappa shape index (κ2) is 5.18. The summed E-state index contributed by atoms with van der Waals surface area (Å²) in [5, 5.41) is 3.15. The predicted octanol–water partition coefficient (Wildman–Crippen LogP) is 0.952. The summed E-state index contributed by atoms with van der Waals surface area (Å²) in [7, 11) is 0. The van der Waals surface area contributed by atoms with Crippen LogP contribution in [0.2, 0.25) is 0 Å². The molecule has 5 heteroatoms. The molecule has 0 aliphatic rings. The van der Waals surface area contributed by atoms with Gasteiger partial charge in [-0.05, 0) is 12.1 Å². The smallest absolute Gasteiger partial charge is 0.180 e. The minimum Gasteiger partial charge on any atom is -0.367 e. The monoisotopic (exact) mass is 215 g/mol. The molecular weight excluding hydrogens is 202 g/mol. The molecule has 0 saturated heterocycles. The number of nitrogens with two attached hydrogens (primary N) is 1. The Morgan fingerprint density at radius 1 is 1.19 bits per heavy atom. The number of fused-ring (bicyclic) bond motifs is 1. The summed E-state index contributed by atoms with van der Waals surface area (Å²) in [6, 6.07) is 3.78. The van der Waals surface area contributed by atoms with Crippen molar-refractivity contribution in [1.29, 1.82) is 0 Å². The van der Waals surface area contributed by atoms with Gasteiger partial charge in [0, 0.05) is 25.5 Å². The molecule has 0 aliphatic heterocycles. The SMILES string of the molecule is NC/C=C/CNc1ccc2nccnc2n1. The Bertz CT molecular complexity index is 494. The maximum atomic E-state index is 5.33. The molecule has 0 bridgehead atoms. The number of anilines is 1. The van der Waals surface area contributed by atoms with Crippen molar-refractivity contribution < 1.29 is 0 Å². The van der Waals surface area contributed by atoms with Crippen LogP contribution in [0.3, 0.4) is 0 Å². The van der Waals surface area contributed by atoms with Crippen LogP contribution in [-0.4, -0.2) is 28.0 Å². The Balaban J connectivity index is 2.10. The lowest BCUT2D eigenvalue weighted by Gasteiger charge is -2.02. The quantitative estimate of drug-likeness (QED) is 0.742. The Labute approximate surface area is 93.4 Å². The van der Waals surface area contributed by atoms with Crippen molar-refractivity contribution in [2.24, 2.45) is 5.73 Å². The minimum atomic E-state index is 0.554. The van der Waals surface area contributed by atoms with Crippen LogP contribution in [0.5, 0.6) is 0 Å². The van der Waals surface area contributed by atoms with E-state index in [0.29, 0.717) is 18.7 Å². The standard InChI is InChI=1S/C11H13N5/c12-5-1-2-6-14-10-4-3-9-11(16-10)15-8-7-13-9/h1-4,7-8H,5-6,12H2,(H,14,15,16)/b2-1+. The van der Waals surface area contributed by atoms with Crippen LogP contribution in [0, 0.1) is 0 Å². The van der Waals surface area contributed by atoms with Gasteiger partial charge in [0.05, 0.1) is 0 Å². The maximum Gasteiger partial charge on any atom is 0.180 e. The van der Waals surface area contributed by atoms with Crippen LogP contribution < -0.4 is 11.1 Å². The summed E-state index contributed by atoms with van der Waals surface area (Å²) in [5.41, 5.74) is 6.78. The van der Waals surface area contributed by atoms with Crippen molar-refractivity contribution in [2.75, 3.05) is 18.4 Å². The maximum absolute atomic E-state index is 5.33. The second-order valence-corrected chi connectivity index (χ2v) is 3.18. The zero-order chi connectivity index (χ0) is 11.2. The number of nitrogens with zero attached hydrogens (tertiary/aromatic N) is 3. The van der Waals surface area contributed by atoms with Crippen LogP contribution in [-0.2, 0) is 0 Å². The Kier molecular flexibility index (Phi) is 3.40. The number of hydrogen-bond acceptors (Lipinski definition) is 5. The first kappa shape index (κ1) is 10.5. The van der Waals surface area contributed by atoms with E-state index in [1.165, 1.54) is 0 Å². The van der Waals surface area contributed by atoms with E-state index < -0.39 is 0 Å². The van der Waals surface area contributed by atoms with Gasteiger partial charge in [-0.3, -0.25) is 4.98 Å². The molecule has 2 rings (SSSR count). The molecule has 3 N–H and O–H groups in total. The zero-order valence-electron chi connectivity index (χ0n) is 8.80. The summed E-state index contributed by atoms with van der Waals surface area (Å²) in [4.78, 5) is 12.6. The van der Waals surface area contributed by atoms with Gasteiger partial charge in [0.1, 0.15) is 11.3 Å². The fourth-order valence-corrected chi connectivity index (χ4v) is 1.30. The van der Waals surface area contributed by atoms with Crippen molar-refractivity contribution in [1.82, 2.24) is 15.0 Å². The highest BCUT2D eigenvalue weighted by atomic mass is 15.0. The molecule has 2 aromatic rings. The third kappa shape index (κ3) is 2.52. The molecule has 5 nitrogen and oxygen atoms in total. The van der Waals surface area contributed by atoms with Gasteiger partial charge in [-0.1, -0.05) is 12.2 Å². The number of rotatable bonds is 4. The third-order valence-corrected chi connectivity index (χ3v) is 2.04. The first-order valence-corrected chi connectivity index (χ1v) is 5.07. The highest BCUT2D eigenvalue weighted by Crippen LogP contribution is 2.09. The zero-order valence-corrected chi connectivity index (χ0v) is 8.80. The second-order valence-electron chi connectivity index (χ2n) is 3.18. The molecule has 2 aromatic heterocycles. The molecule has 0 aromatic carbocycles. The molecule has 82 valence electrons. The lowest BCUT2D eigenvalue weighted by Crippen LogP contribution is -2.02. The molecule has 0 radical (unpaired) electrons. The average Bonchev–Trinajstić information content (AvgIpc) is 2.34. The first-order chi connectivity index (χ1) is 7.90. The summed E-state index contributed by atoms with van der Waals surface area (Å²) >= 11 is 0. The molecule has 16 heavy (non-hydrogen) atoms.